The Labute approximate surface area is 172 Å². The summed E-state index contributed by atoms with van der Waals surface area (Å²) in [6, 6.07) is 8.67. The SMILES string of the molecule is O=S(=O)(c1ccc(Cl)cc1)[C@]1(c2cc(F)ccc2F)CC[C@H](n2ccnn2)CC1. The maximum Gasteiger partial charge on any atom is 0.188 e. The summed E-state index contributed by atoms with van der Waals surface area (Å²) in [5, 5.41) is 8.18. The van der Waals surface area contributed by atoms with Crippen LogP contribution in [0, 0.1) is 11.6 Å². The van der Waals surface area contributed by atoms with Crippen molar-refractivity contribution in [3.05, 3.63) is 77.1 Å². The number of sulfone groups is 1. The first-order valence-electron chi connectivity index (χ1n) is 9.15. The molecule has 0 N–H and O–H groups in total. The van der Waals surface area contributed by atoms with Gasteiger partial charge in [0.1, 0.15) is 16.4 Å². The van der Waals surface area contributed by atoms with Crippen LogP contribution in [0.3, 0.4) is 0 Å². The van der Waals surface area contributed by atoms with E-state index in [0.717, 1.165) is 18.2 Å². The largest absolute Gasteiger partial charge is 0.250 e. The minimum absolute atomic E-state index is 0.0322. The van der Waals surface area contributed by atoms with Crippen LogP contribution in [0.15, 0.2) is 59.8 Å². The molecule has 5 nitrogen and oxygen atoms in total. The number of rotatable bonds is 4. The molecule has 1 saturated carbocycles. The molecule has 0 spiro atoms. The average Bonchev–Trinajstić information content (AvgIpc) is 3.25. The number of halogens is 3. The van der Waals surface area contributed by atoms with Gasteiger partial charge >= 0.3 is 0 Å². The second-order valence-electron chi connectivity index (χ2n) is 7.19. The van der Waals surface area contributed by atoms with E-state index in [4.69, 9.17) is 11.6 Å². The third kappa shape index (κ3) is 3.44. The van der Waals surface area contributed by atoms with Gasteiger partial charge in [0.25, 0.3) is 0 Å². The van der Waals surface area contributed by atoms with Gasteiger partial charge in [-0.25, -0.2) is 21.9 Å². The van der Waals surface area contributed by atoms with Gasteiger partial charge in [-0.2, -0.15) is 0 Å². The van der Waals surface area contributed by atoms with Crippen LogP contribution < -0.4 is 0 Å². The maximum atomic E-state index is 14.8. The van der Waals surface area contributed by atoms with Gasteiger partial charge in [0.2, 0.25) is 0 Å². The molecule has 0 atom stereocenters. The van der Waals surface area contributed by atoms with Crippen molar-refractivity contribution in [2.45, 2.75) is 41.4 Å². The molecular formula is C20H18ClF2N3O2S. The van der Waals surface area contributed by atoms with E-state index in [1.807, 2.05) is 0 Å². The third-order valence-corrected chi connectivity index (χ3v) is 8.44. The molecule has 0 bridgehead atoms. The molecular weight excluding hydrogens is 420 g/mol. The van der Waals surface area contributed by atoms with Crippen molar-refractivity contribution in [2.24, 2.45) is 0 Å². The molecule has 1 aromatic heterocycles. The Morgan fingerprint density at radius 3 is 2.38 bits per heavy atom. The molecule has 0 amide bonds. The molecule has 1 aliphatic rings. The monoisotopic (exact) mass is 437 g/mol. The van der Waals surface area contributed by atoms with Crippen molar-refractivity contribution < 1.29 is 17.2 Å². The summed E-state index contributed by atoms with van der Waals surface area (Å²) in [6.45, 7) is 0. The van der Waals surface area contributed by atoms with Crippen LogP contribution in [0.1, 0.15) is 37.3 Å². The first kappa shape index (κ1) is 20.0. The van der Waals surface area contributed by atoms with Gasteiger partial charge < -0.3 is 0 Å². The predicted octanol–water partition coefficient (Wildman–Crippen LogP) is 4.69. The molecule has 0 saturated heterocycles. The van der Waals surface area contributed by atoms with E-state index in [1.165, 1.54) is 24.3 Å². The molecule has 0 radical (unpaired) electrons. The summed E-state index contributed by atoms with van der Waals surface area (Å²) in [6.07, 6.45) is 4.40. The molecule has 2 aromatic carbocycles. The standard InChI is InChI=1S/C20H18ClF2N3O2S/c21-14-1-4-17(5-2-14)29(27,28)20(18-13-15(22)3-6-19(18)23)9-7-16(8-10-20)26-12-11-24-25-26/h1-6,11-13,16H,7-10H2/t16-,20+. The van der Waals surface area contributed by atoms with Crippen molar-refractivity contribution in [3.63, 3.8) is 0 Å². The Morgan fingerprint density at radius 2 is 1.76 bits per heavy atom. The van der Waals surface area contributed by atoms with E-state index in [9.17, 15) is 17.2 Å². The normalized spacial score (nSPS) is 22.5. The smallest absolute Gasteiger partial charge is 0.188 e. The van der Waals surface area contributed by atoms with E-state index in [2.05, 4.69) is 10.3 Å². The van der Waals surface area contributed by atoms with E-state index in [0.29, 0.717) is 17.9 Å². The zero-order valence-electron chi connectivity index (χ0n) is 15.3. The third-order valence-electron chi connectivity index (χ3n) is 5.64. The minimum Gasteiger partial charge on any atom is -0.250 e. The summed E-state index contributed by atoms with van der Waals surface area (Å²) >= 11 is 5.90. The second-order valence-corrected chi connectivity index (χ2v) is 9.89. The van der Waals surface area contributed by atoms with Gasteiger partial charge in [-0.15, -0.1) is 5.10 Å². The Balaban J connectivity index is 1.82. The molecule has 4 rings (SSSR count). The Kier molecular flexibility index (Phi) is 5.16. The lowest BCUT2D eigenvalue weighted by Gasteiger charge is -2.40. The van der Waals surface area contributed by atoms with Gasteiger partial charge in [-0.1, -0.05) is 16.8 Å². The fraction of sp³-hybridized carbons (Fsp3) is 0.300. The van der Waals surface area contributed by atoms with Crippen LogP contribution in [-0.4, -0.2) is 23.4 Å². The fourth-order valence-electron chi connectivity index (χ4n) is 4.11. The van der Waals surface area contributed by atoms with E-state index >= 15 is 0 Å². The first-order chi connectivity index (χ1) is 13.8. The number of nitrogens with zero attached hydrogens (tertiary/aromatic N) is 3. The van der Waals surface area contributed by atoms with Crippen molar-refractivity contribution in [1.82, 2.24) is 15.0 Å². The highest BCUT2D eigenvalue weighted by molar-refractivity contribution is 7.92. The van der Waals surface area contributed by atoms with Gasteiger partial charge in [-0.3, -0.25) is 0 Å². The Morgan fingerprint density at radius 1 is 1.07 bits per heavy atom. The van der Waals surface area contributed by atoms with Crippen molar-refractivity contribution in [3.8, 4) is 0 Å². The van der Waals surface area contributed by atoms with Crippen LogP contribution in [0.5, 0.6) is 0 Å². The van der Waals surface area contributed by atoms with Crippen LogP contribution >= 0.6 is 11.6 Å². The van der Waals surface area contributed by atoms with Crippen LogP contribution in [0.25, 0.3) is 0 Å². The topological polar surface area (TPSA) is 64.8 Å². The number of benzene rings is 2. The lowest BCUT2D eigenvalue weighted by Crippen LogP contribution is -2.41. The molecule has 3 aromatic rings. The van der Waals surface area contributed by atoms with Gasteiger partial charge in [-0.05, 0) is 68.1 Å². The fourth-order valence-corrected chi connectivity index (χ4v) is 6.41. The van der Waals surface area contributed by atoms with Gasteiger partial charge in [0.15, 0.2) is 9.84 Å². The van der Waals surface area contributed by atoms with Gasteiger partial charge in [0, 0.05) is 16.8 Å². The van der Waals surface area contributed by atoms with Crippen molar-refractivity contribution in [1.29, 1.82) is 0 Å². The first-order valence-corrected chi connectivity index (χ1v) is 11.0. The minimum atomic E-state index is -4.04. The summed E-state index contributed by atoms with van der Waals surface area (Å²) in [4.78, 5) is 0.0322. The predicted molar refractivity (Wildman–Crippen MR) is 104 cm³/mol. The van der Waals surface area contributed by atoms with Crippen LogP contribution in [0.4, 0.5) is 8.78 Å². The Hall–Kier alpha value is -2.32. The molecule has 1 heterocycles. The molecule has 9 heteroatoms. The summed E-state index contributed by atoms with van der Waals surface area (Å²) < 4.78 is 56.3. The second kappa shape index (κ2) is 7.50. The van der Waals surface area contributed by atoms with Crippen molar-refractivity contribution >= 4 is 21.4 Å². The zero-order chi connectivity index (χ0) is 20.6. The molecule has 0 unspecified atom stereocenters. The van der Waals surface area contributed by atoms with Crippen LogP contribution in [-0.2, 0) is 14.6 Å². The van der Waals surface area contributed by atoms with Gasteiger partial charge in [0.05, 0.1) is 17.1 Å². The molecule has 0 aliphatic heterocycles. The quantitative estimate of drug-likeness (QED) is 0.593. The highest BCUT2D eigenvalue weighted by atomic mass is 35.5. The Bertz CT molecular complexity index is 1110. The molecule has 152 valence electrons. The average molecular weight is 438 g/mol. The highest BCUT2D eigenvalue weighted by Gasteiger charge is 2.50. The molecule has 1 aliphatic carbocycles. The molecule has 1 fully saturated rings. The van der Waals surface area contributed by atoms with E-state index in [-0.39, 0.29) is 29.3 Å². The highest BCUT2D eigenvalue weighted by Crippen LogP contribution is 2.50. The molecule has 29 heavy (non-hydrogen) atoms. The van der Waals surface area contributed by atoms with E-state index < -0.39 is 26.2 Å². The number of hydrogen-bond acceptors (Lipinski definition) is 4. The summed E-state index contributed by atoms with van der Waals surface area (Å²) in [5.74, 6) is -1.41. The summed E-state index contributed by atoms with van der Waals surface area (Å²) in [7, 11) is -4.04. The zero-order valence-corrected chi connectivity index (χ0v) is 16.9. The van der Waals surface area contributed by atoms with E-state index in [1.54, 1.807) is 17.1 Å². The van der Waals surface area contributed by atoms with Crippen LogP contribution in [0.2, 0.25) is 5.02 Å². The number of hydrogen-bond donors (Lipinski definition) is 0. The lowest BCUT2D eigenvalue weighted by atomic mass is 9.80. The number of aromatic nitrogens is 3. The lowest BCUT2D eigenvalue weighted by molar-refractivity contribution is 0.268. The summed E-state index contributed by atoms with van der Waals surface area (Å²) in [5.41, 5.74) is -0.135. The maximum absolute atomic E-state index is 14.8. The van der Waals surface area contributed by atoms with Crippen molar-refractivity contribution in [2.75, 3.05) is 0 Å².